The van der Waals surface area contributed by atoms with Gasteiger partial charge >= 0.3 is 0 Å². The maximum absolute atomic E-state index is 3.58. The summed E-state index contributed by atoms with van der Waals surface area (Å²) >= 11 is 7.41. The maximum Gasteiger partial charge on any atom is 0.120 e. The second-order valence-electron chi connectivity index (χ2n) is 4.36. The predicted molar refractivity (Wildman–Crippen MR) is 84.7 cm³/mol. The number of fused-ring (bicyclic) bond motifs is 5. The van der Waals surface area contributed by atoms with E-state index < -0.39 is 0 Å². The first-order valence-corrected chi connectivity index (χ1v) is 8.27. The fourth-order valence-electron chi connectivity index (χ4n) is 2.71. The summed E-state index contributed by atoms with van der Waals surface area (Å²) in [5, 5.41) is 4.41. The Morgan fingerprint density at radius 3 is 2.39 bits per heavy atom. The van der Waals surface area contributed by atoms with Gasteiger partial charge in [-0.1, -0.05) is 46.3 Å². The van der Waals surface area contributed by atoms with Crippen LogP contribution in [0.15, 0.2) is 57.8 Å². The number of rotatable bonds is 0. The molecule has 0 unspecified atom stereocenters. The van der Waals surface area contributed by atoms with Crippen LogP contribution in [0, 0.1) is 0 Å². The highest BCUT2D eigenvalue weighted by atomic mass is 79.9. The lowest BCUT2D eigenvalue weighted by Gasteiger charge is -2.24. The number of halogens is 1. The molecule has 1 aliphatic carbocycles. The van der Waals surface area contributed by atoms with E-state index in [1.165, 1.54) is 22.3 Å². The van der Waals surface area contributed by atoms with Crippen molar-refractivity contribution in [3.05, 3.63) is 68.9 Å². The quantitative estimate of drug-likeness (QED) is 0.617. The molecule has 2 aromatic carbocycles. The number of hydrogen-bond donors (Lipinski definition) is 0. The van der Waals surface area contributed by atoms with Crippen LogP contribution in [0.1, 0.15) is 11.1 Å². The fraction of sp³-hybridized carbons (Fsp3) is 0.0667. The zero-order valence-electron chi connectivity index (χ0n) is 9.39. The molecule has 0 aromatic heterocycles. The van der Waals surface area contributed by atoms with Crippen LogP contribution in [0.25, 0.3) is 11.1 Å². The van der Waals surface area contributed by atoms with Crippen LogP contribution < -0.4 is 0 Å². The van der Waals surface area contributed by atoms with E-state index in [4.69, 9.17) is 0 Å². The van der Waals surface area contributed by atoms with E-state index in [0.29, 0.717) is 0 Å². The van der Waals surface area contributed by atoms with Gasteiger partial charge in [-0.15, -0.1) is 23.5 Å². The summed E-state index contributed by atoms with van der Waals surface area (Å²) in [6, 6.07) is 15.4. The first kappa shape index (κ1) is 11.2. The van der Waals surface area contributed by atoms with Crippen molar-refractivity contribution in [2.45, 2.75) is 4.08 Å². The zero-order valence-corrected chi connectivity index (χ0v) is 12.6. The minimum Gasteiger partial charge on any atom is -0.106 e. The maximum atomic E-state index is 3.58. The zero-order chi connectivity index (χ0) is 12.2. The lowest BCUT2D eigenvalue weighted by atomic mass is 10.1. The van der Waals surface area contributed by atoms with Crippen molar-refractivity contribution in [3.8, 4) is 11.1 Å². The van der Waals surface area contributed by atoms with E-state index in [1.54, 1.807) is 0 Å². The molecule has 1 heterocycles. The van der Waals surface area contributed by atoms with Crippen LogP contribution in [0.5, 0.6) is 0 Å². The SMILES string of the molecule is Brc1ccc2c(c1)-c1ccccc1C21SC=CS1. The van der Waals surface area contributed by atoms with Gasteiger partial charge in [-0.2, -0.15) is 0 Å². The molecule has 88 valence electrons. The molecule has 0 radical (unpaired) electrons. The van der Waals surface area contributed by atoms with Crippen molar-refractivity contribution < 1.29 is 0 Å². The van der Waals surface area contributed by atoms with Crippen LogP contribution in [0.3, 0.4) is 0 Å². The van der Waals surface area contributed by atoms with Gasteiger partial charge in [-0.25, -0.2) is 0 Å². The van der Waals surface area contributed by atoms with E-state index in [0.717, 1.165) is 4.47 Å². The second-order valence-corrected chi connectivity index (χ2v) is 7.77. The minimum atomic E-state index is 0.0482. The van der Waals surface area contributed by atoms with Gasteiger partial charge in [0, 0.05) is 4.47 Å². The Hall–Kier alpha value is -0.640. The van der Waals surface area contributed by atoms with Gasteiger partial charge in [0.15, 0.2) is 0 Å². The molecule has 0 nitrogen and oxygen atoms in total. The van der Waals surface area contributed by atoms with Gasteiger partial charge in [0.05, 0.1) is 0 Å². The van der Waals surface area contributed by atoms with Gasteiger partial charge in [0.1, 0.15) is 4.08 Å². The first-order chi connectivity index (χ1) is 8.81. The molecule has 18 heavy (non-hydrogen) atoms. The average Bonchev–Trinajstić information content (AvgIpc) is 2.97. The van der Waals surface area contributed by atoms with Crippen molar-refractivity contribution in [2.24, 2.45) is 0 Å². The molecular formula is C15H9BrS2. The van der Waals surface area contributed by atoms with Crippen molar-refractivity contribution >= 4 is 39.5 Å². The fourth-order valence-corrected chi connectivity index (χ4v) is 5.67. The molecule has 0 amide bonds. The van der Waals surface area contributed by atoms with Crippen LogP contribution in [-0.4, -0.2) is 0 Å². The van der Waals surface area contributed by atoms with Crippen LogP contribution in [0.4, 0.5) is 0 Å². The van der Waals surface area contributed by atoms with Crippen molar-refractivity contribution in [2.75, 3.05) is 0 Å². The highest BCUT2D eigenvalue weighted by Crippen LogP contribution is 2.64. The number of benzene rings is 2. The van der Waals surface area contributed by atoms with E-state index in [-0.39, 0.29) is 4.08 Å². The Bertz CT molecular complexity index is 668. The Morgan fingerprint density at radius 1 is 0.833 bits per heavy atom. The molecule has 0 N–H and O–H groups in total. The molecule has 0 saturated heterocycles. The smallest absolute Gasteiger partial charge is 0.106 e. The van der Waals surface area contributed by atoms with Crippen molar-refractivity contribution in [3.63, 3.8) is 0 Å². The molecular weight excluding hydrogens is 324 g/mol. The van der Waals surface area contributed by atoms with Crippen LogP contribution >= 0.6 is 39.5 Å². The van der Waals surface area contributed by atoms with Crippen molar-refractivity contribution in [1.29, 1.82) is 0 Å². The molecule has 2 aliphatic rings. The molecule has 1 spiro atoms. The number of hydrogen-bond acceptors (Lipinski definition) is 2. The molecule has 0 fully saturated rings. The summed E-state index contributed by atoms with van der Waals surface area (Å²) in [7, 11) is 0. The van der Waals surface area contributed by atoms with Gasteiger partial charge in [0.25, 0.3) is 0 Å². The standard InChI is InChI=1S/C15H9BrS2/c16-10-5-6-14-12(9-10)11-3-1-2-4-13(11)15(14)17-7-8-18-15/h1-9H. The number of thioether (sulfide) groups is 2. The predicted octanol–water partition coefficient (Wildman–Crippen LogP) is 5.58. The van der Waals surface area contributed by atoms with E-state index in [2.05, 4.69) is 69.2 Å². The Morgan fingerprint density at radius 2 is 1.56 bits per heavy atom. The van der Waals surface area contributed by atoms with Gasteiger partial charge in [0.2, 0.25) is 0 Å². The topological polar surface area (TPSA) is 0 Å². The largest absolute Gasteiger partial charge is 0.120 e. The van der Waals surface area contributed by atoms with Gasteiger partial charge in [-0.05, 0) is 45.2 Å². The van der Waals surface area contributed by atoms with E-state index in [1.807, 2.05) is 23.5 Å². The average molecular weight is 333 g/mol. The first-order valence-electron chi connectivity index (χ1n) is 5.72. The van der Waals surface area contributed by atoms with E-state index >= 15 is 0 Å². The normalized spacial score (nSPS) is 18.1. The minimum absolute atomic E-state index is 0.0482. The molecule has 1 aliphatic heterocycles. The molecule has 4 rings (SSSR count). The summed E-state index contributed by atoms with van der Waals surface area (Å²) in [6.07, 6.45) is 0. The highest BCUT2D eigenvalue weighted by molar-refractivity contribution is 9.10. The van der Waals surface area contributed by atoms with Crippen LogP contribution in [0.2, 0.25) is 0 Å². The third-order valence-corrected chi connectivity index (χ3v) is 6.76. The summed E-state index contributed by atoms with van der Waals surface area (Å²) in [5.41, 5.74) is 5.59. The molecule has 0 saturated carbocycles. The summed E-state index contributed by atoms with van der Waals surface area (Å²) in [4.78, 5) is 0. The monoisotopic (exact) mass is 332 g/mol. The third-order valence-electron chi connectivity index (χ3n) is 3.43. The Balaban J connectivity index is 2.08. The summed E-state index contributed by atoms with van der Waals surface area (Å²) < 4.78 is 1.20. The summed E-state index contributed by atoms with van der Waals surface area (Å²) in [6.45, 7) is 0. The van der Waals surface area contributed by atoms with Crippen LogP contribution in [-0.2, 0) is 4.08 Å². The van der Waals surface area contributed by atoms with Crippen molar-refractivity contribution in [1.82, 2.24) is 0 Å². The third kappa shape index (κ3) is 1.35. The highest BCUT2D eigenvalue weighted by Gasteiger charge is 2.45. The van der Waals surface area contributed by atoms with E-state index in [9.17, 15) is 0 Å². The molecule has 0 atom stereocenters. The molecule has 2 aromatic rings. The van der Waals surface area contributed by atoms with Gasteiger partial charge < -0.3 is 0 Å². The Kier molecular flexibility index (Phi) is 2.44. The second kappa shape index (κ2) is 3.92. The lowest BCUT2D eigenvalue weighted by molar-refractivity contribution is 1.14. The van der Waals surface area contributed by atoms with Gasteiger partial charge in [-0.3, -0.25) is 0 Å². The summed E-state index contributed by atoms with van der Waals surface area (Å²) in [5.74, 6) is 0. The lowest BCUT2D eigenvalue weighted by Crippen LogP contribution is -2.11. The Labute approximate surface area is 123 Å². The molecule has 3 heteroatoms. The molecule has 0 bridgehead atoms.